The monoisotopic (exact) mass is 411 g/mol. The molecule has 8 nitrogen and oxygen atoms in total. The van der Waals surface area contributed by atoms with Crippen molar-refractivity contribution in [3.05, 3.63) is 23.3 Å². The van der Waals surface area contributed by atoms with E-state index in [1.165, 1.54) is 5.69 Å². The van der Waals surface area contributed by atoms with Crippen molar-refractivity contribution in [2.45, 2.75) is 77.0 Å². The van der Waals surface area contributed by atoms with Crippen molar-refractivity contribution >= 4 is 6.09 Å². The van der Waals surface area contributed by atoms with Crippen LogP contribution in [-0.4, -0.2) is 50.0 Å². The van der Waals surface area contributed by atoms with E-state index >= 15 is 0 Å². The van der Waals surface area contributed by atoms with Crippen LogP contribution in [0.5, 0.6) is 5.88 Å². The lowest BCUT2D eigenvalue weighted by molar-refractivity contribution is 0.0223. The summed E-state index contributed by atoms with van der Waals surface area (Å²) in [5.41, 5.74) is 4.55. The van der Waals surface area contributed by atoms with Gasteiger partial charge in [0.1, 0.15) is 17.6 Å². The third kappa shape index (κ3) is 3.52. The number of fused-ring (bicyclic) bond motifs is 1. The molecule has 0 bridgehead atoms. The number of carbonyl (C=O) groups is 1. The van der Waals surface area contributed by atoms with E-state index in [0.29, 0.717) is 30.9 Å². The number of nitrogens with zero attached hydrogens (tertiary/aromatic N) is 5. The van der Waals surface area contributed by atoms with Crippen LogP contribution in [0.1, 0.15) is 75.4 Å². The summed E-state index contributed by atoms with van der Waals surface area (Å²) in [6.45, 7) is 6.80. The van der Waals surface area contributed by atoms with Crippen LogP contribution in [0.4, 0.5) is 4.79 Å². The van der Waals surface area contributed by atoms with Crippen molar-refractivity contribution in [3.8, 4) is 17.1 Å². The first-order valence-corrected chi connectivity index (χ1v) is 10.8. The first kappa shape index (κ1) is 19.3. The molecule has 3 aliphatic rings. The van der Waals surface area contributed by atoms with Gasteiger partial charge in [-0.2, -0.15) is 5.10 Å². The Morgan fingerprint density at radius 1 is 1.17 bits per heavy atom. The van der Waals surface area contributed by atoms with E-state index in [-0.39, 0.29) is 6.09 Å². The maximum Gasteiger partial charge on any atom is 0.410 e. The highest BCUT2D eigenvalue weighted by Gasteiger charge is 2.38. The lowest BCUT2D eigenvalue weighted by Gasteiger charge is -2.30. The van der Waals surface area contributed by atoms with Gasteiger partial charge >= 0.3 is 6.09 Å². The summed E-state index contributed by atoms with van der Waals surface area (Å²) in [5.74, 6) is 0.994. The molecule has 0 atom stereocenters. The molecule has 2 aromatic heterocycles. The van der Waals surface area contributed by atoms with Crippen molar-refractivity contribution in [1.29, 1.82) is 0 Å². The molecule has 2 aliphatic carbocycles. The summed E-state index contributed by atoms with van der Waals surface area (Å²) >= 11 is 0. The molecule has 8 heteroatoms. The second kappa shape index (κ2) is 6.96. The second-order valence-electron chi connectivity index (χ2n) is 9.52. The fourth-order valence-electron chi connectivity index (χ4n) is 4.18. The fourth-order valence-corrected chi connectivity index (χ4v) is 4.18. The highest BCUT2D eigenvalue weighted by molar-refractivity contribution is 5.74. The van der Waals surface area contributed by atoms with E-state index in [9.17, 15) is 4.79 Å². The first-order valence-electron chi connectivity index (χ1n) is 10.8. The van der Waals surface area contributed by atoms with E-state index < -0.39 is 5.60 Å². The predicted octanol–water partition coefficient (Wildman–Crippen LogP) is 3.85. The van der Waals surface area contributed by atoms with Crippen molar-refractivity contribution in [2.75, 3.05) is 13.7 Å². The van der Waals surface area contributed by atoms with Gasteiger partial charge in [-0.1, -0.05) is 0 Å². The van der Waals surface area contributed by atoms with Crippen LogP contribution in [0, 0.1) is 0 Å². The third-order valence-electron chi connectivity index (χ3n) is 5.87. The van der Waals surface area contributed by atoms with E-state index in [0.717, 1.165) is 54.6 Å². The highest BCUT2D eigenvalue weighted by atomic mass is 16.6. The van der Waals surface area contributed by atoms with Crippen LogP contribution in [0.15, 0.2) is 6.33 Å². The molecule has 5 rings (SSSR count). The summed E-state index contributed by atoms with van der Waals surface area (Å²) in [6.07, 6.45) is 6.63. The molecule has 160 valence electrons. The lowest BCUT2D eigenvalue weighted by Crippen LogP contribution is -2.40. The van der Waals surface area contributed by atoms with Crippen LogP contribution in [-0.2, 0) is 17.7 Å². The second-order valence-corrected chi connectivity index (χ2v) is 9.52. The Kier molecular flexibility index (Phi) is 4.48. The molecule has 0 aromatic carbocycles. The topological polar surface area (TPSA) is 82.4 Å². The number of ether oxygens (including phenoxy) is 2. The average Bonchev–Trinajstić information content (AvgIpc) is 3.62. The van der Waals surface area contributed by atoms with Gasteiger partial charge in [-0.3, -0.25) is 4.68 Å². The van der Waals surface area contributed by atoms with Gasteiger partial charge in [0, 0.05) is 30.1 Å². The smallest absolute Gasteiger partial charge is 0.410 e. The molecule has 1 aliphatic heterocycles. The zero-order chi connectivity index (χ0) is 21.0. The minimum absolute atomic E-state index is 0.281. The molecule has 0 unspecified atom stereocenters. The summed E-state index contributed by atoms with van der Waals surface area (Å²) in [4.78, 5) is 23.5. The molecule has 0 radical (unpaired) electrons. The zero-order valence-corrected chi connectivity index (χ0v) is 18.1. The average molecular weight is 412 g/mol. The molecule has 0 N–H and O–H groups in total. The van der Waals surface area contributed by atoms with Gasteiger partial charge in [-0.25, -0.2) is 14.8 Å². The Hall–Kier alpha value is -2.64. The molecular formula is C22H29N5O3. The molecule has 2 saturated carbocycles. The number of carbonyl (C=O) groups excluding carboxylic acids is 1. The summed E-state index contributed by atoms with van der Waals surface area (Å²) in [7, 11) is 1.64. The maximum absolute atomic E-state index is 12.8. The standard InChI is InChI=1S/C22H29N5O3/c1-22(2,3)30-21(28)26-10-9-16-15(11-26)19(25-27(16)14-7-8-14)17-18(13-5-6-13)23-12-24-20(17)29-4/h12-14H,5-11H2,1-4H3. The molecule has 30 heavy (non-hydrogen) atoms. The number of amides is 1. The summed E-state index contributed by atoms with van der Waals surface area (Å²) < 4.78 is 13.4. The van der Waals surface area contributed by atoms with Crippen LogP contribution in [0.25, 0.3) is 11.3 Å². The van der Waals surface area contributed by atoms with E-state index in [2.05, 4.69) is 14.6 Å². The SMILES string of the molecule is COc1ncnc(C2CC2)c1-c1nn(C2CC2)c2c1CN(C(=O)OC(C)(C)C)CC2. The molecule has 2 fully saturated rings. The Bertz CT molecular complexity index is 985. The Balaban J connectivity index is 1.58. The molecule has 1 amide bonds. The van der Waals surface area contributed by atoms with E-state index in [1.54, 1.807) is 18.3 Å². The minimum atomic E-state index is -0.520. The maximum atomic E-state index is 12.8. The number of methoxy groups -OCH3 is 1. The number of hydrogen-bond acceptors (Lipinski definition) is 6. The molecular weight excluding hydrogens is 382 g/mol. The van der Waals surface area contributed by atoms with Crippen molar-refractivity contribution in [1.82, 2.24) is 24.6 Å². The highest BCUT2D eigenvalue weighted by Crippen LogP contribution is 2.48. The van der Waals surface area contributed by atoms with E-state index in [4.69, 9.17) is 14.6 Å². The fraction of sp³-hybridized carbons (Fsp3) is 0.636. The first-order chi connectivity index (χ1) is 14.4. The quantitative estimate of drug-likeness (QED) is 0.760. The van der Waals surface area contributed by atoms with E-state index in [1.807, 2.05) is 20.8 Å². The number of aromatic nitrogens is 4. The Morgan fingerprint density at radius 3 is 2.57 bits per heavy atom. The van der Waals surface area contributed by atoms with Crippen LogP contribution >= 0.6 is 0 Å². The van der Waals surface area contributed by atoms with Crippen molar-refractivity contribution in [2.24, 2.45) is 0 Å². The Morgan fingerprint density at radius 2 is 1.93 bits per heavy atom. The van der Waals surface area contributed by atoms with Crippen LogP contribution in [0.3, 0.4) is 0 Å². The van der Waals surface area contributed by atoms with Gasteiger partial charge in [-0.15, -0.1) is 0 Å². The summed E-state index contributed by atoms with van der Waals surface area (Å²) in [5, 5.41) is 5.05. The van der Waals surface area contributed by atoms with Gasteiger partial charge in [0.05, 0.1) is 31.0 Å². The molecule has 0 saturated heterocycles. The zero-order valence-electron chi connectivity index (χ0n) is 18.1. The number of hydrogen-bond donors (Lipinski definition) is 0. The minimum Gasteiger partial charge on any atom is -0.480 e. The van der Waals surface area contributed by atoms with Gasteiger partial charge in [0.25, 0.3) is 0 Å². The van der Waals surface area contributed by atoms with Gasteiger partial charge in [0.2, 0.25) is 5.88 Å². The van der Waals surface area contributed by atoms with Crippen LogP contribution < -0.4 is 4.74 Å². The lowest BCUT2D eigenvalue weighted by atomic mass is 9.99. The van der Waals surface area contributed by atoms with Crippen molar-refractivity contribution in [3.63, 3.8) is 0 Å². The molecule has 0 spiro atoms. The van der Waals surface area contributed by atoms with Crippen LogP contribution in [0.2, 0.25) is 0 Å². The molecule has 2 aromatic rings. The molecule has 3 heterocycles. The third-order valence-corrected chi connectivity index (χ3v) is 5.87. The van der Waals surface area contributed by atoms with Gasteiger partial charge in [-0.05, 0) is 46.5 Å². The van der Waals surface area contributed by atoms with Crippen molar-refractivity contribution < 1.29 is 14.3 Å². The number of rotatable bonds is 4. The van der Waals surface area contributed by atoms with Gasteiger partial charge < -0.3 is 14.4 Å². The van der Waals surface area contributed by atoms with Gasteiger partial charge in [0.15, 0.2) is 0 Å². The Labute approximate surface area is 176 Å². The normalized spacial score (nSPS) is 18.9. The predicted molar refractivity (Wildman–Crippen MR) is 110 cm³/mol. The summed E-state index contributed by atoms with van der Waals surface area (Å²) in [6, 6.07) is 0.459. The largest absolute Gasteiger partial charge is 0.480 e.